The first-order chi connectivity index (χ1) is 7.61. The summed E-state index contributed by atoms with van der Waals surface area (Å²) in [6.45, 7) is 0. The van der Waals surface area contributed by atoms with Gasteiger partial charge in [-0.25, -0.2) is 4.90 Å². The topological polar surface area (TPSA) is 40.6 Å². The smallest absolute Gasteiger partial charge is 0.281 e. The molecular weight excluding hydrogens is 204 g/mol. The number of hydrogen-bond donors (Lipinski definition) is 0. The molecular formula is C12H12N2O2. The summed E-state index contributed by atoms with van der Waals surface area (Å²) in [5.74, 6) is -0.568. The molecule has 0 bridgehead atoms. The lowest BCUT2D eigenvalue weighted by Crippen LogP contribution is -2.33. The number of amides is 2. The maximum Gasteiger partial charge on any atom is 0.281 e. The molecule has 0 spiro atoms. The number of carbonyl (C=O) groups excluding carboxylic acids is 2. The van der Waals surface area contributed by atoms with Crippen molar-refractivity contribution in [2.24, 2.45) is 0 Å². The van der Waals surface area contributed by atoms with E-state index in [2.05, 4.69) is 0 Å². The molecule has 4 heteroatoms. The number of benzene rings is 1. The van der Waals surface area contributed by atoms with Gasteiger partial charge in [0, 0.05) is 20.2 Å². The second kappa shape index (κ2) is 3.81. The van der Waals surface area contributed by atoms with Gasteiger partial charge in [-0.3, -0.25) is 9.59 Å². The lowest BCUT2D eigenvalue weighted by Gasteiger charge is -2.17. The minimum atomic E-state index is -0.292. The molecule has 1 aromatic rings. The number of anilines is 1. The number of hydrogen-bond acceptors (Lipinski definition) is 3. The summed E-state index contributed by atoms with van der Waals surface area (Å²) in [5.41, 5.74) is 1.01. The Bertz CT molecular complexity index is 463. The van der Waals surface area contributed by atoms with Gasteiger partial charge in [-0.2, -0.15) is 0 Å². The first-order valence-corrected chi connectivity index (χ1v) is 4.94. The number of carbonyl (C=O) groups is 2. The fourth-order valence-corrected chi connectivity index (χ4v) is 1.60. The Morgan fingerprint density at radius 2 is 1.69 bits per heavy atom. The Kier molecular flexibility index (Phi) is 2.48. The van der Waals surface area contributed by atoms with Gasteiger partial charge < -0.3 is 4.90 Å². The zero-order chi connectivity index (χ0) is 11.7. The quantitative estimate of drug-likeness (QED) is 0.693. The van der Waals surface area contributed by atoms with Crippen molar-refractivity contribution in [1.82, 2.24) is 4.90 Å². The van der Waals surface area contributed by atoms with Crippen molar-refractivity contribution in [3.8, 4) is 0 Å². The van der Waals surface area contributed by atoms with Crippen LogP contribution in [0.5, 0.6) is 0 Å². The Balaban J connectivity index is 2.35. The third-order valence-electron chi connectivity index (χ3n) is 2.40. The predicted octanol–water partition coefficient (Wildman–Crippen LogP) is 1.01. The molecule has 0 unspecified atom stereocenters. The molecule has 4 nitrogen and oxygen atoms in total. The zero-order valence-corrected chi connectivity index (χ0v) is 9.18. The van der Waals surface area contributed by atoms with Crippen LogP contribution < -0.4 is 4.90 Å². The van der Waals surface area contributed by atoms with E-state index in [9.17, 15) is 9.59 Å². The Morgan fingerprint density at radius 1 is 1.06 bits per heavy atom. The fourth-order valence-electron chi connectivity index (χ4n) is 1.60. The third-order valence-corrected chi connectivity index (χ3v) is 2.40. The van der Waals surface area contributed by atoms with E-state index in [1.54, 1.807) is 43.3 Å². The van der Waals surface area contributed by atoms with Gasteiger partial charge in [0.2, 0.25) is 0 Å². The average molecular weight is 216 g/mol. The Labute approximate surface area is 93.8 Å². The molecule has 0 saturated heterocycles. The SMILES string of the molecule is CN(C)C1=CC(=O)N(c2ccccc2)C1=O. The molecule has 82 valence electrons. The normalized spacial score (nSPS) is 15.4. The number of imide groups is 1. The first kappa shape index (κ1) is 10.4. The molecule has 2 amide bonds. The summed E-state index contributed by atoms with van der Waals surface area (Å²) in [7, 11) is 3.48. The standard InChI is InChI=1S/C12H12N2O2/c1-13(2)10-8-11(15)14(12(10)16)9-6-4-3-5-7-9/h3-8H,1-2H3. The van der Waals surface area contributed by atoms with E-state index in [-0.39, 0.29) is 11.8 Å². The van der Waals surface area contributed by atoms with Crippen molar-refractivity contribution in [3.05, 3.63) is 42.1 Å². The zero-order valence-electron chi connectivity index (χ0n) is 9.18. The summed E-state index contributed by atoms with van der Waals surface area (Å²) in [6.07, 6.45) is 1.36. The van der Waals surface area contributed by atoms with Crippen LogP contribution in [0.4, 0.5) is 5.69 Å². The molecule has 1 aliphatic rings. The lowest BCUT2D eigenvalue weighted by atomic mass is 10.3. The Morgan fingerprint density at radius 3 is 2.19 bits per heavy atom. The van der Waals surface area contributed by atoms with Crippen molar-refractivity contribution < 1.29 is 9.59 Å². The van der Waals surface area contributed by atoms with Gasteiger partial charge in [0.25, 0.3) is 11.8 Å². The summed E-state index contributed by atoms with van der Waals surface area (Å²) >= 11 is 0. The number of para-hydroxylation sites is 1. The molecule has 1 heterocycles. The average Bonchev–Trinajstić information content (AvgIpc) is 2.56. The number of rotatable bonds is 2. The summed E-state index contributed by atoms with van der Waals surface area (Å²) < 4.78 is 0. The van der Waals surface area contributed by atoms with E-state index in [0.717, 1.165) is 0 Å². The Hall–Kier alpha value is -2.10. The van der Waals surface area contributed by atoms with Gasteiger partial charge >= 0.3 is 0 Å². The van der Waals surface area contributed by atoms with Gasteiger partial charge in [0.1, 0.15) is 5.70 Å². The molecule has 0 radical (unpaired) electrons. The van der Waals surface area contributed by atoms with E-state index < -0.39 is 0 Å². The third kappa shape index (κ3) is 1.58. The van der Waals surface area contributed by atoms with Crippen molar-refractivity contribution in [3.63, 3.8) is 0 Å². The summed E-state index contributed by atoms with van der Waals surface area (Å²) in [6, 6.07) is 8.91. The molecule has 0 aliphatic carbocycles. The fraction of sp³-hybridized carbons (Fsp3) is 0.167. The van der Waals surface area contributed by atoms with Gasteiger partial charge in [0.15, 0.2) is 0 Å². The molecule has 0 aromatic heterocycles. The highest BCUT2D eigenvalue weighted by Crippen LogP contribution is 2.22. The van der Waals surface area contributed by atoms with Crippen LogP contribution in [0.2, 0.25) is 0 Å². The van der Waals surface area contributed by atoms with Crippen molar-refractivity contribution in [2.75, 3.05) is 19.0 Å². The van der Waals surface area contributed by atoms with E-state index in [4.69, 9.17) is 0 Å². The van der Waals surface area contributed by atoms with Crippen LogP contribution in [0.25, 0.3) is 0 Å². The van der Waals surface area contributed by atoms with Crippen LogP contribution in [0.15, 0.2) is 42.1 Å². The number of nitrogens with zero attached hydrogens (tertiary/aromatic N) is 2. The molecule has 1 aromatic carbocycles. The van der Waals surface area contributed by atoms with Crippen LogP contribution >= 0.6 is 0 Å². The van der Waals surface area contributed by atoms with Gasteiger partial charge in [0.05, 0.1) is 5.69 Å². The monoisotopic (exact) mass is 216 g/mol. The molecule has 0 N–H and O–H groups in total. The van der Waals surface area contributed by atoms with Crippen LogP contribution in [0, 0.1) is 0 Å². The minimum Gasteiger partial charge on any atom is -0.373 e. The largest absolute Gasteiger partial charge is 0.373 e. The van der Waals surface area contributed by atoms with Crippen molar-refractivity contribution in [2.45, 2.75) is 0 Å². The molecule has 2 rings (SSSR count). The first-order valence-electron chi connectivity index (χ1n) is 4.94. The molecule has 1 aliphatic heterocycles. The van der Waals surface area contributed by atoms with E-state index in [1.165, 1.54) is 11.0 Å². The van der Waals surface area contributed by atoms with Crippen LogP contribution in [0.1, 0.15) is 0 Å². The van der Waals surface area contributed by atoms with Gasteiger partial charge in [-0.05, 0) is 12.1 Å². The highest BCUT2D eigenvalue weighted by atomic mass is 16.2. The van der Waals surface area contributed by atoms with Crippen molar-refractivity contribution in [1.29, 1.82) is 0 Å². The predicted molar refractivity (Wildman–Crippen MR) is 60.7 cm³/mol. The highest BCUT2D eigenvalue weighted by molar-refractivity contribution is 6.30. The van der Waals surface area contributed by atoms with Crippen LogP contribution in [-0.4, -0.2) is 30.8 Å². The van der Waals surface area contributed by atoms with E-state index in [1.807, 2.05) is 6.07 Å². The maximum atomic E-state index is 12.0. The van der Waals surface area contributed by atoms with E-state index >= 15 is 0 Å². The molecule has 16 heavy (non-hydrogen) atoms. The second-order valence-electron chi connectivity index (χ2n) is 3.74. The second-order valence-corrected chi connectivity index (χ2v) is 3.74. The van der Waals surface area contributed by atoms with Gasteiger partial charge in [-0.1, -0.05) is 18.2 Å². The number of likely N-dealkylation sites (N-methyl/N-ethyl adjacent to an activating group) is 1. The lowest BCUT2D eigenvalue weighted by molar-refractivity contribution is -0.120. The van der Waals surface area contributed by atoms with Crippen LogP contribution in [-0.2, 0) is 9.59 Å². The van der Waals surface area contributed by atoms with E-state index in [0.29, 0.717) is 11.4 Å². The highest BCUT2D eigenvalue weighted by Gasteiger charge is 2.33. The van der Waals surface area contributed by atoms with Crippen LogP contribution in [0.3, 0.4) is 0 Å². The van der Waals surface area contributed by atoms with Gasteiger partial charge in [-0.15, -0.1) is 0 Å². The summed E-state index contributed by atoms with van der Waals surface area (Å²) in [5, 5.41) is 0. The molecule has 0 saturated carbocycles. The summed E-state index contributed by atoms with van der Waals surface area (Å²) in [4.78, 5) is 26.5. The maximum absolute atomic E-state index is 12.0. The van der Waals surface area contributed by atoms with Crippen molar-refractivity contribution >= 4 is 17.5 Å². The molecule has 0 fully saturated rings. The molecule has 0 atom stereocenters. The minimum absolute atomic E-state index is 0.277.